The molecule has 0 saturated heterocycles. The second-order valence-electron chi connectivity index (χ2n) is 5.68. The predicted molar refractivity (Wildman–Crippen MR) is 85.0 cm³/mol. The van der Waals surface area contributed by atoms with Crippen molar-refractivity contribution in [2.45, 2.75) is 44.9 Å². The minimum Gasteiger partial charge on any atom is -0.388 e. The third-order valence-corrected chi connectivity index (χ3v) is 3.62. The van der Waals surface area contributed by atoms with Gasteiger partial charge in [0.2, 0.25) is 5.91 Å². The lowest BCUT2D eigenvalue weighted by Gasteiger charge is -2.18. The van der Waals surface area contributed by atoms with E-state index in [0.717, 1.165) is 13.0 Å². The van der Waals surface area contributed by atoms with Crippen LogP contribution in [0.3, 0.4) is 0 Å². The quantitative estimate of drug-likeness (QED) is 0.785. The topological polar surface area (TPSA) is 67.2 Å². The van der Waals surface area contributed by atoms with Crippen LogP contribution < -0.4 is 5.32 Å². The summed E-state index contributed by atoms with van der Waals surface area (Å²) < 4.78 is 14.8. The van der Waals surface area contributed by atoms with Gasteiger partial charge in [-0.3, -0.25) is 4.79 Å². The number of carbonyl (C=O) groups is 1. The van der Waals surface area contributed by atoms with E-state index in [1.54, 1.807) is 24.7 Å². The molecule has 2 atom stereocenters. The van der Waals surface area contributed by atoms with E-state index in [-0.39, 0.29) is 17.8 Å². The second-order valence-corrected chi connectivity index (χ2v) is 5.68. The fraction of sp³-hybridized carbons (Fsp3) is 0.412. The van der Waals surface area contributed by atoms with Crippen LogP contribution in [0.15, 0.2) is 43.0 Å². The van der Waals surface area contributed by atoms with E-state index >= 15 is 0 Å². The highest BCUT2D eigenvalue weighted by atomic mass is 19.1. The van der Waals surface area contributed by atoms with Crippen LogP contribution in [0.25, 0.3) is 0 Å². The van der Waals surface area contributed by atoms with Gasteiger partial charge < -0.3 is 15.0 Å². The molecular weight excluding hydrogens is 297 g/mol. The Morgan fingerprint density at radius 2 is 2.13 bits per heavy atom. The number of aromatic nitrogens is 2. The maximum absolute atomic E-state index is 12.9. The largest absolute Gasteiger partial charge is 0.388 e. The number of hydrogen-bond donors (Lipinski definition) is 2. The van der Waals surface area contributed by atoms with E-state index in [0.29, 0.717) is 18.4 Å². The molecule has 2 rings (SSSR count). The minimum absolute atomic E-state index is 0.0380. The Morgan fingerprint density at radius 1 is 1.39 bits per heavy atom. The number of hydrogen-bond acceptors (Lipinski definition) is 3. The smallest absolute Gasteiger partial charge is 0.220 e. The van der Waals surface area contributed by atoms with Crippen LogP contribution in [0.5, 0.6) is 0 Å². The van der Waals surface area contributed by atoms with E-state index < -0.39 is 6.10 Å². The van der Waals surface area contributed by atoms with Gasteiger partial charge in [-0.15, -0.1) is 0 Å². The van der Waals surface area contributed by atoms with Crippen LogP contribution in [0.2, 0.25) is 0 Å². The van der Waals surface area contributed by atoms with E-state index in [1.165, 1.54) is 12.1 Å². The van der Waals surface area contributed by atoms with Crippen molar-refractivity contribution >= 4 is 5.91 Å². The van der Waals surface area contributed by atoms with Gasteiger partial charge in [-0.05, 0) is 37.5 Å². The number of aliphatic hydroxyl groups excluding tert-OH is 1. The van der Waals surface area contributed by atoms with Crippen molar-refractivity contribution in [3.8, 4) is 0 Å². The first-order chi connectivity index (χ1) is 11.0. The molecule has 0 aliphatic heterocycles. The Balaban J connectivity index is 1.69. The van der Waals surface area contributed by atoms with Crippen LogP contribution in [-0.4, -0.2) is 26.6 Å². The zero-order chi connectivity index (χ0) is 16.7. The number of imidazole rings is 1. The van der Waals surface area contributed by atoms with E-state index in [1.807, 2.05) is 17.7 Å². The Hall–Kier alpha value is -2.21. The number of amides is 1. The van der Waals surface area contributed by atoms with Gasteiger partial charge in [0.1, 0.15) is 5.82 Å². The van der Waals surface area contributed by atoms with E-state index in [9.17, 15) is 14.3 Å². The highest BCUT2D eigenvalue weighted by Crippen LogP contribution is 2.18. The molecule has 0 fully saturated rings. The first kappa shape index (κ1) is 17.1. The molecule has 0 aliphatic rings. The van der Waals surface area contributed by atoms with Gasteiger partial charge in [0, 0.05) is 31.4 Å². The van der Waals surface area contributed by atoms with Crippen molar-refractivity contribution in [2.24, 2.45) is 0 Å². The summed E-state index contributed by atoms with van der Waals surface area (Å²) in [4.78, 5) is 15.8. The lowest BCUT2D eigenvalue weighted by atomic mass is 10.0. The molecule has 1 aromatic heterocycles. The van der Waals surface area contributed by atoms with Crippen LogP contribution in [0, 0.1) is 5.82 Å². The summed E-state index contributed by atoms with van der Waals surface area (Å²) in [7, 11) is 0. The summed E-state index contributed by atoms with van der Waals surface area (Å²) in [5, 5.41) is 13.0. The fourth-order valence-electron chi connectivity index (χ4n) is 2.40. The molecule has 0 saturated carbocycles. The normalized spacial score (nSPS) is 13.5. The number of aryl methyl sites for hydroxylation is 1. The van der Waals surface area contributed by atoms with Gasteiger partial charge in [-0.2, -0.15) is 0 Å². The molecule has 1 heterocycles. The molecule has 23 heavy (non-hydrogen) atoms. The molecule has 2 aromatic rings. The van der Waals surface area contributed by atoms with Crippen LogP contribution in [0.4, 0.5) is 4.39 Å². The Bertz CT molecular complexity index is 599. The van der Waals surface area contributed by atoms with Crippen LogP contribution in [-0.2, 0) is 11.3 Å². The second kappa shape index (κ2) is 8.43. The molecule has 5 nitrogen and oxygen atoms in total. The number of carbonyl (C=O) groups excluding carboxylic acids is 1. The van der Waals surface area contributed by atoms with Gasteiger partial charge in [0.25, 0.3) is 0 Å². The molecule has 1 aromatic carbocycles. The first-order valence-electron chi connectivity index (χ1n) is 7.73. The summed E-state index contributed by atoms with van der Waals surface area (Å²) in [5.41, 5.74) is 0.646. The Morgan fingerprint density at radius 3 is 2.78 bits per heavy atom. The van der Waals surface area contributed by atoms with Crippen LogP contribution >= 0.6 is 0 Å². The third kappa shape index (κ3) is 5.83. The molecule has 2 unspecified atom stereocenters. The Labute approximate surface area is 135 Å². The SMILES string of the molecule is CC(CC(O)c1ccc(F)cc1)NC(=O)CCCn1ccnc1. The molecule has 0 aliphatic carbocycles. The minimum atomic E-state index is -0.725. The maximum atomic E-state index is 12.9. The molecular formula is C17H22FN3O2. The summed E-state index contributed by atoms with van der Waals surface area (Å²) in [6.45, 7) is 2.60. The van der Waals surface area contributed by atoms with Crippen molar-refractivity contribution in [2.75, 3.05) is 0 Å². The van der Waals surface area contributed by atoms with Crippen molar-refractivity contribution in [1.82, 2.24) is 14.9 Å². The lowest BCUT2D eigenvalue weighted by molar-refractivity contribution is -0.122. The van der Waals surface area contributed by atoms with Gasteiger partial charge >= 0.3 is 0 Å². The monoisotopic (exact) mass is 319 g/mol. The molecule has 1 amide bonds. The van der Waals surface area contributed by atoms with Crippen molar-refractivity contribution in [3.05, 3.63) is 54.4 Å². The summed E-state index contributed by atoms with van der Waals surface area (Å²) in [6, 6.07) is 5.59. The Kier molecular flexibility index (Phi) is 6.29. The van der Waals surface area contributed by atoms with Crippen molar-refractivity contribution in [1.29, 1.82) is 0 Å². The molecule has 2 N–H and O–H groups in total. The standard InChI is InChI=1S/C17H22FN3O2/c1-13(11-16(22)14-4-6-15(18)7-5-14)20-17(23)3-2-9-21-10-8-19-12-21/h4-8,10,12-13,16,22H,2-3,9,11H2,1H3,(H,20,23). The highest BCUT2D eigenvalue weighted by molar-refractivity contribution is 5.76. The molecule has 0 radical (unpaired) electrons. The average Bonchev–Trinajstić information content (AvgIpc) is 3.01. The molecule has 124 valence electrons. The molecule has 6 heteroatoms. The predicted octanol–water partition coefficient (Wildman–Crippen LogP) is 2.43. The zero-order valence-corrected chi connectivity index (χ0v) is 13.2. The zero-order valence-electron chi connectivity index (χ0n) is 13.2. The fourth-order valence-corrected chi connectivity index (χ4v) is 2.40. The first-order valence-corrected chi connectivity index (χ1v) is 7.73. The third-order valence-electron chi connectivity index (χ3n) is 3.62. The number of halogens is 1. The van der Waals surface area contributed by atoms with Gasteiger partial charge in [-0.1, -0.05) is 12.1 Å². The molecule has 0 spiro atoms. The van der Waals surface area contributed by atoms with Gasteiger partial charge in [0.05, 0.1) is 12.4 Å². The molecule has 0 bridgehead atoms. The van der Waals surface area contributed by atoms with Gasteiger partial charge in [-0.25, -0.2) is 9.37 Å². The van der Waals surface area contributed by atoms with E-state index in [2.05, 4.69) is 10.3 Å². The highest BCUT2D eigenvalue weighted by Gasteiger charge is 2.14. The number of aliphatic hydroxyl groups is 1. The number of rotatable bonds is 8. The average molecular weight is 319 g/mol. The van der Waals surface area contributed by atoms with E-state index in [4.69, 9.17) is 0 Å². The number of nitrogens with one attached hydrogen (secondary N) is 1. The maximum Gasteiger partial charge on any atom is 0.220 e. The van der Waals surface area contributed by atoms with Crippen LogP contribution in [0.1, 0.15) is 37.9 Å². The number of nitrogens with zero attached hydrogens (tertiary/aromatic N) is 2. The summed E-state index contributed by atoms with van der Waals surface area (Å²) in [5.74, 6) is -0.371. The number of benzene rings is 1. The van der Waals surface area contributed by atoms with Crippen molar-refractivity contribution in [3.63, 3.8) is 0 Å². The summed E-state index contributed by atoms with van der Waals surface area (Å²) >= 11 is 0. The van der Waals surface area contributed by atoms with Crippen molar-refractivity contribution < 1.29 is 14.3 Å². The lowest BCUT2D eigenvalue weighted by Crippen LogP contribution is -2.33. The van der Waals surface area contributed by atoms with Gasteiger partial charge in [0.15, 0.2) is 0 Å². The summed E-state index contributed by atoms with van der Waals surface area (Å²) in [6.07, 6.45) is 6.11.